The van der Waals surface area contributed by atoms with Crippen LogP contribution in [0, 0.1) is 5.82 Å². The lowest BCUT2D eigenvalue weighted by Gasteiger charge is -2.36. The van der Waals surface area contributed by atoms with Gasteiger partial charge in [0, 0.05) is 32.4 Å². The second kappa shape index (κ2) is 6.17. The second-order valence-corrected chi connectivity index (χ2v) is 4.73. The molecular weight excluding hydrogens is 244 g/mol. The van der Waals surface area contributed by atoms with E-state index in [-0.39, 0.29) is 5.82 Å². The minimum absolute atomic E-state index is 0.291. The Labute approximate surface area is 113 Å². The van der Waals surface area contributed by atoms with Gasteiger partial charge < -0.3 is 14.7 Å². The van der Waals surface area contributed by atoms with Gasteiger partial charge in [-0.3, -0.25) is 0 Å². The van der Waals surface area contributed by atoms with Crippen LogP contribution in [0.1, 0.15) is 12.5 Å². The number of anilines is 1. The average Bonchev–Trinajstić information content (AvgIpc) is 2.39. The maximum atomic E-state index is 14.0. The Bertz CT molecular complexity index is 459. The molecule has 1 aliphatic heterocycles. The zero-order chi connectivity index (χ0) is 13.8. The number of nitrogens with zero attached hydrogens (tertiary/aromatic N) is 3. The topological polar surface area (TPSA) is 39.6 Å². The van der Waals surface area contributed by atoms with Gasteiger partial charge in [0.25, 0.3) is 0 Å². The maximum absolute atomic E-state index is 14.0. The Kier molecular flexibility index (Phi) is 4.55. The summed E-state index contributed by atoms with van der Waals surface area (Å²) in [5.41, 5.74) is 0.770. The van der Waals surface area contributed by atoms with Gasteiger partial charge >= 0.3 is 7.05 Å². The summed E-state index contributed by atoms with van der Waals surface area (Å²) in [6.07, 6.45) is 5.36. The van der Waals surface area contributed by atoms with Gasteiger partial charge in [0.2, 0.25) is 0 Å². The number of hydrogen-bond donors (Lipinski definition) is 1. The van der Waals surface area contributed by atoms with Crippen LogP contribution in [0.25, 0.3) is 6.08 Å². The van der Waals surface area contributed by atoms with Gasteiger partial charge in [-0.05, 0) is 25.4 Å². The zero-order valence-electron chi connectivity index (χ0n) is 11.4. The molecule has 1 aromatic rings. The standard InChI is InChI=1S/C13H19BFN3O/c1-3-4-11-9-12(15)13(16-10-11)17-5-7-18(8-6-17)14(2)19/h3-4,9-10,19H,5-8H2,1-2H3. The molecule has 1 saturated heterocycles. The van der Waals surface area contributed by atoms with E-state index >= 15 is 0 Å². The van der Waals surface area contributed by atoms with Gasteiger partial charge in [-0.15, -0.1) is 0 Å². The highest BCUT2D eigenvalue weighted by Gasteiger charge is 2.24. The molecule has 0 spiro atoms. The third kappa shape index (κ3) is 3.33. The summed E-state index contributed by atoms with van der Waals surface area (Å²) in [5, 5.41) is 9.49. The van der Waals surface area contributed by atoms with Crippen molar-refractivity contribution in [1.29, 1.82) is 0 Å². The first-order valence-electron chi connectivity index (χ1n) is 6.57. The molecule has 2 rings (SSSR count). The highest BCUT2D eigenvalue weighted by Crippen LogP contribution is 2.19. The van der Waals surface area contributed by atoms with Crippen LogP contribution in [-0.2, 0) is 0 Å². The molecule has 0 amide bonds. The normalized spacial score (nSPS) is 17.2. The highest BCUT2D eigenvalue weighted by molar-refractivity contribution is 6.45. The van der Waals surface area contributed by atoms with Gasteiger partial charge in [-0.2, -0.15) is 0 Å². The van der Waals surface area contributed by atoms with Crippen LogP contribution < -0.4 is 4.90 Å². The lowest BCUT2D eigenvalue weighted by atomic mass is 9.84. The first-order valence-corrected chi connectivity index (χ1v) is 6.57. The summed E-state index contributed by atoms with van der Waals surface area (Å²) in [4.78, 5) is 8.09. The molecule has 0 aliphatic carbocycles. The summed E-state index contributed by atoms with van der Waals surface area (Å²) in [6.45, 7) is 6.43. The van der Waals surface area contributed by atoms with Crippen LogP contribution in [0.4, 0.5) is 10.2 Å². The van der Waals surface area contributed by atoms with Crippen molar-refractivity contribution in [2.24, 2.45) is 0 Å². The first kappa shape index (κ1) is 14.0. The van der Waals surface area contributed by atoms with Gasteiger partial charge in [0.1, 0.15) is 0 Å². The molecule has 19 heavy (non-hydrogen) atoms. The predicted octanol–water partition coefficient (Wildman–Crippen LogP) is 1.49. The monoisotopic (exact) mass is 263 g/mol. The lowest BCUT2D eigenvalue weighted by molar-refractivity contribution is 0.342. The molecule has 4 nitrogen and oxygen atoms in total. The van der Waals surface area contributed by atoms with Crippen molar-refractivity contribution >= 4 is 18.9 Å². The second-order valence-electron chi connectivity index (χ2n) is 4.73. The Morgan fingerprint density at radius 1 is 1.37 bits per heavy atom. The highest BCUT2D eigenvalue weighted by atomic mass is 19.1. The van der Waals surface area contributed by atoms with E-state index < -0.39 is 7.05 Å². The van der Waals surface area contributed by atoms with Crippen molar-refractivity contribution < 1.29 is 9.41 Å². The molecule has 1 aliphatic rings. The smallest absolute Gasteiger partial charge is 0.376 e. The third-order valence-corrected chi connectivity index (χ3v) is 3.34. The van der Waals surface area contributed by atoms with E-state index in [0.29, 0.717) is 18.9 Å². The van der Waals surface area contributed by atoms with Crippen LogP contribution in [0.2, 0.25) is 6.82 Å². The van der Waals surface area contributed by atoms with Crippen molar-refractivity contribution in [2.75, 3.05) is 31.1 Å². The van der Waals surface area contributed by atoms with Crippen molar-refractivity contribution in [1.82, 2.24) is 9.79 Å². The van der Waals surface area contributed by atoms with Crippen LogP contribution in [0.3, 0.4) is 0 Å². The Balaban J connectivity index is 2.07. The van der Waals surface area contributed by atoms with Crippen LogP contribution in [-0.4, -0.2) is 48.0 Å². The number of pyridine rings is 1. The van der Waals surface area contributed by atoms with Crippen LogP contribution in [0.15, 0.2) is 18.3 Å². The molecule has 1 aromatic heterocycles. The number of allylic oxidation sites excluding steroid dienone is 1. The molecule has 6 heteroatoms. The molecule has 0 bridgehead atoms. The van der Waals surface area contributed by atoms with E-state index in [0.717, 1.165) is 18.7 Å². The SMILES string of the molecule is CC=Cc1cnc(N2CCN(B(C)O)CC2)c(F)c1. The van der Waals surface area contributed by atoms with Gasteiger partial charge in [0.05, 0.1) is 0 Å². The minimum Gasteiger partial charge on any atom is -0.437 e. The fraction of sp³-hybridized carbons (Fsp3) is 0.462. The maximum Gasteiger partial charge on any atom is 0.376 e. The van der Waals surface area contributed by atoms with Crippen molar-refractivity contribution in [3.05, 3.63) is 29.7 Å². The zero-order valence-corrected chi connectivity index (χ0v) is 11.4. The van der Waals surface area contributed by atoms with Crippen molar-refractivity contribution in [2.45, 2.75) is 13.7 Å². The average molecular weight is 263 g/mol. The number of aromatic nitrogens is 1. The largest absolute Gasteiger partial charge is 0.437 e. The Hall–Kier alpha value is -1.40. The van der Waals surface area contributed by atoms with Gasteiger partial charge in [-0.1, -0.05) is 12.2 Å². The van der Waals surface area contributed by atoms with E-state index in [2.05, 4.69) is 4.98 Å². The number of hydrogen-bond acceptors (Lipinski definition) is 4. The summed E-state index contributed by atoms with van der Waals surface area (Å²) < 4.78 is 14.0. The van der Waals surface area contributed by atoms with Gasteiger partial charge in [-0.25, -0.2) is 9.37 Å². The first-order chi connectivity index (χ1) is 9.11. The molecule has 0 saturated carbocycles. The number of piperazine rings is 1. The summed E-state index contributed by atoms with van der Waals surface area (Å²) >= 11 is 0. The molecule has 2 heterocycles. The van der Waals surface area contributed by atoms with E-state index in [1.54, 1.807) is 13.0 Å². The molecular formula is C13H19BFN3O. The van der Waals surface area contributed by atoms with Crippen LogP contribution in [0.5, 0.6) is 0 Å². The Morgan fingerprint density at radius 3 is 2.58 bits per heavy atom. The minimum atomic E-state index is -0.447. The molecule has 0 aromatic carbocycles. The van der Waals surface area contributed by atoms with E-state index in [4.69, 9.17) is 0 Å². The fourth-order valence-electron chi connectivity index (χ4n) is 2.27. The molecule has 1 N–H and O–H groups in total. The van der Waals surface area contributed by atoms with E-state index in [9.17, 15) is 9.41 Å². The third-order valence-electron chi connectivity index (χ3n) is 3.34. The summed E-state index contributed by atoms with van der Waals surface area (Å²) in [5.74, 6) is 0.111. The van der Waals surface area contributed by atoms with E-state index in [1.165, 1.54) is 6.07 Å². The van der Waals surface area contributed by atoms with Gasteiger partial charge in [0.15, 0.2) is 11.6 Å². The van der Waals surface area contributed by atoms with E-state index in [1.807, 2.05) is 28.8 Å². The number of rotatable bonds is 3. The summed E-state index contributed by atoms with van der Waals surface area (Å²) in [7, 11) is -0.447. The molecule has 0 unspecified atom stereocenters. The number of halogens is 1. The van der Waals surface area contributed by atoms with Crippen molar-refractivity contribution in [3.63, 3.8) is 0 Å². The molecule has 102 valence electrons. The molecule has 0 radical (unpaired) electrons. The van der Waals surface area contributed by atoms with Crippen LogP contribution >= 0.6 is 0 Å². The Morgan fingerprint density at radius 2 is 2.05 bits per heavy atom. The summed E-state index contributed by atoms with van der Waals surface area (Å²) in [6, 6.07) is 1.50. The fourth-order valence-corrected chi connectivity index (χ4v) is 2.27. The van der Waals surface area contributed by atoms with Crippen molar-refractivity contribution in [3.8, 4) is 0 Å². The quantitative estimate of drug-likeness (QED) is 0.838. The predicted molar refractivity (Wildman–Crippen MR) is 76.5 cm³/mol. The molecule has 0 atom stereocenters. The lowest BCUT2D eigenvalue weighted by Crippen LogP contribution is -2.51. The molecule has 1 fully saturated rings.